The van der Waals surface area contributed by atoms with Gasteiger partial charge in [0, 0.05) is 12.1 Å². The minimum absolute atomic E-state index is 0.226. The van der Waals surface area contributed by atoms with Gasteiger partial charge in [0.2, 0.25) is 0 Å². The Morgan fingerprint density at radius 3 is 2.61 bits per heavy atom. The van der Waals surface area contributed by atoms with Gasteiger partial charge >= 0.3 is 0 Å². The molecule has 3 heterocycles. The third-order valence-electron chi connectivity index (χ3n) is 3.56. The van der Waals surface area contributed by atoms with Gasteiger partial charge in [-0.2, -0.15) is 0 Å². The van der Waals surface area contributed by atoms with Crippen molar-refractivity contribution in [2.75, 3.05) is 18.5 Å². The van der Waals surface area contributed by atoms with Crippen LogP contribution in [0.15, 0.2) is 22.6 Å². The molecule has 1 aromatic carbocycles. The lowest BCUT2D eigenvalue weighted by Crippen LogP contribution is -2.15. The molecule has 2 aromatic heterocycles. The number of carbonyl (C=O) groups is 1. The van der Waals surface area contributed by atoms with Gasteiger partial charge in [0.25, 0.3) is 5.91 Å². The van der Waals surface area contributed by atoms with Crippen LogP contribution < -0.4 is 14.8 Å². The number of nitrogens with zero attached hydrogens (tertiary/aromatic N) is 1. The molecule has 0 bridgehead atoms. The fraction of sp³-hybridized carbons (Fsp3) is 0.250. The van der Waals surface area contributed by atoms with Crippen molar-refractivity contribution < 1.29 is 18.7 Å². The molecule has 7 heteroatoms. The zero-order valence-electron chi connectivity index (χ0n) is 12.6. The van der Waals surface area contributed by atoms with Crippen LogP contribution in [0.25, 0.3) is 10.2 Å². The van der Waals surface area contributed by atoms with Gasteiger partial charge in [-0.15, -0.1) is 0 Å². The Kier molecular flexibility index (Phi) is 3.23. The van der Waals surface area contributed by atoms with Crippen molar-refractivity contribution in [2.45, 2.75) is 13.8 Å². The highest BCUT2D eigenvalue weighted by Crippen LogP contribution is 2.37. The fourth-order valence-electron chi connectivity index (χ4n) is 2.54. The maximum atomic E-state index is 12.3. The second kappa shape index (κ2) is 5.27. The van der Waals surface area contributed by atoms with Gasteiger partial charge in [0.15, 0.2) is 16.6 Å². The van der Waals surface area contributed by atoms with Crippen LogP contribution in [0, 0.1) is 13.8 Å². The van der Waals surface area contributed by atoms with Crippen LogP contribution in [-0.2, 0) is 0 Å². The number of benzene rings is 1. The number of fused-ring (bicyclic) bond motifs is 2. The SMILES string of the molecule is Cc1cc(C(=O)Nc2nc3cc4c(cc3s2)OCCO4)c(C)o1. The first-order valence-corrected chi connectivity index (χ1v) is 8.00. The van der Waals surface area contributed by atoms with Crippen LogP contribution in [0.1, 0.15) is 21.9 Å². The number of aryl methyl sites for hydroxylation is 2. The third-order valence-corrected chi connectivity index (χ3v) is 4.49. The highest BCUT2D eigenvalue weighted by Gasteiger charge is 2.18. The summed E-state index contributed by atoms with van der Waals surface area (Å²) >= 11 is 1.40. The summed E-state index contributed by atoms with van der Waals surface area (Å²) in [5, 5.41) is 3.35. The summed E-state index contributed by atoms with van der Waals surface area (Å²) in [6, 6.07) is 5.45. The van der Waals surface area contributed by atoms with E-state index in [0.717, 1.165) is 10.2 Å². The van der Waals surface area contributed by atoms with Crippen molar-refractivity contribution in [3.63, 3.8) is 0 Å². The van der Waals surface area contributed by atoms with Gasteiger partial charge in [-0.3, -0.25) is 10.1 Å². The Morgan fingerprint density at radius 1 is 1.17 bits per heavy atom. The Labute approximate surface area is 136 Å². The van der Waals surface area contributed by atoms with Crippen molar-refractivity contribution in [1.82, 2.24) is 4.98 Å². The lowest BCUT2D eigenvalue weighted by Gasteiger charge is -2.17. The molecule has 23 heavy (non-hydrogen) atoms. The molecule has 0 unspecified atom stereocenters. The van der Waals surface area contributed by atoms with Crippen molar-refractivity contribution in [2.24, 2.45) is 0 Å². The number of thiazole rings is 1. The van der Waals surface area contributed by atoms with Crippen molar-refractivity contribution in [3.8, 4) is 11.5 Å². The standard InChI is InChI=1S/C16H14N2O4S/c1-8-5-10(9(2)22-8)15(19)18-16-17-11-6-12-13(7-14(11)23-16)21-4-3-20-12/h5-7H,3-4H2,1-2H3,(H,17,18,19). The van der Waals surface area contributed by atoms with Crippen LogP contribution in [-0.4, -0.2) is 24.1 Å². The molecule has 0 spiro atoms. The van der Waals surface area contributed by atoms with E-state index in [9.17, 15) is 4.79 Å². The number of furan rings is 1. The summed E-state index contributed by atoms with van der Waals surface area (Å²) in [6.45, 7) is 4.65. The molecule has 0 fully saturated rings. The molecule has 0 radical (unpaired) electrons. The molecule has 0 atom stereocenters. The summed E-state index contributed by atoms with van der Waals surface area (Å²) in [5.74, 6) is 2.48. The quantitative estimate of drug-likeness (QED) is 0.778. The van der Waals surface area contributed by atoms with E-state index in [1.807, 2.05) is 19.1 Å². The second-order valence-corrected chi connectivity index (χ2v) is 6.29. The van der Waals surface area contributed by atoms with E-state index in [-0.39, 0.29) is 5.91 Å². The van der Waals surface area contributed by atoms with Gasteiger partial charge in [-0.25, -0.2) is 4.98 Å². The van der Waals surface area contributed by atoms with Crippen LogP contribution >= 0.6 is 11.3 Å². The predicted molar refractivity (Wildman–Crippen MR) is 86.7 cm³/mol. The smallest absolute Gasteiger partial charge is 0.260 e. The summed E-state index contributed by atoms with van der Waals surface area (Å²) in [5.41, 5.74) is 1.29. The number of carbonyl (C=O) groups excluding carboxylic acids is 1. The first-order chi connectivity index (χ1) is 11.1. The van der Waals surface area contributed by atoms with Gasteiger partial charge in [0.1, 0.15) is 24.7 Å². The third kappa shape index (κ3) is 2.53. The van der Waals surface area contributed by atoms with E-state index < -0.39 is 0 Å². The highest BCUT2D eigenvalue weighted by molar-refractivity contribution is 7.22. The van der Waals surface area contributed by atoms with Crippen molar-refractivity contribution >= 4 is 32.6 Å². The van der Waals surface area contributed by atoms with Crippen LogP contribution in [0.5, 0.6) is 11.5 Å². The monoisotopic (exact) mass is 330 g/mol. The lowest BCUT2D eigenvalue weighted by atomic mass is 10.2. The highest BCUT2D eigenvalue weighted by atomic mass is 32.1. The summed E-state index contributed by atoms with van der Waals surface area (Å²) in [4.78, 5) is 16.8. The van der Waals surface area contributed by atoms with E-state index in [1.165, 1.54) is 11.3 Å². The van der Waals surface area contributed by atoms with Gasteiger partial charge < -0.3 is 13.9 Å². The average molecular weight is 330 g/mol. The molecular weight excluding hydrogens is 316 g/mol. The first kappa shape index (κ1) is 14.1. The normalized spacial score (nSPS) is 13.3. The average Bonchev–Trinajstić information content (AvgIpc) is 3.06. The molecule has 0 saturated heterocycles. The summed E-state index contributed by atoms with van der Waals surface area (Å²) < 4.78 is 17.4. The molecule has 4 rings (SSSR count). The van der Waals surface area contributed by atoms with Crippen molar-refractivity contribution in [3.05, 3.63) is 35.3 Å². The molecule has 3 aromatic rings. The van der Waals surface area contributed by atoms with Gasteiger partial charge in [-0.1, -0.05) is 11.3 Å². The Morgan fingerprint density at radius 2 is 1.91 bits per heavy atom. The topological polar surface area (TPSA) is 73.6 Å². The molecule has 1 aliphatic heterocycles. The zero-order valence-corrected chi connectivity index (χ0v) is 13.5. The number of hydrogen-bond acceptors (Lipinski definition) is 6. The molecule has 0 aliphatic carbocycles. The van der Waals surface area contributed by atoms with Crippen LogP contribution in [0.4, 0.5) is 5.13 Å². The minimum Gasteiger partial charge on any atom is -0.486 e. The maximum Gasteiger partial charge on any atom is 0.260 e. The molecule has 1 aliphatic rings. The molecule has 1 amide bonds. The minimum atomic E-state index is -0.226. The largest absolute Gasteiger partial charge is 0.486 e. The van der Waals surface area contributed by atoms with Crippen molar-refractivity contribution in [1.29, 1.82) is 0 Å². The summed E-state index contributed by atoms with van der Waals surface area (Å²) in [7, 11) is 0. The Hall–Kier alpha value is -2.54. The molecule has 0 saturated carbocycles. The fourth-order valence-corrected chi connectivity index (χ4v) is 3.41. The number of ether oxygens (including phenoxy) is 2. The zero-order chi connectivity index (χ0) is 16.0. The van der Waals surface area contributed by atoms with E-state index >= 15 is 0 Å². The van der Waals surface area contributed by atoms with Gasteiger partial charge in [0.05, 0.1) is 15.8 Å². The number of anilines is 1. The number of aromatic nitrogens is 1. The second-order valence-electron chi connectivity index (χ2n) is 5.26. The predicted octanol–water partition coefficient (Wildman–Crippen LogP) is 3.53. The number of nitrogens with one attached hydrogen (secondary N) is 1. The number of hydrogen-bond donors (Lipinski definition) is 1. The van der Waals surface area contributed by atoms with E-state index in [1.54, 1.807) is 13.0 Å². The number of rotatable bonds is 2. The van der Waals surface area contributed by atoms with E-state index in [0.29, 0.717) is 46.9 Å². The summed E-state index contributed by atoms with van der Waals surface area (Å²) in [6.07, 6.45) is 0. The van der Waals surface area contributed by atoms with E-state index in [2.05, 4.69) is 10.3 Å². The number of amides is 1. The lowest BCUT2D eigenvalue weighted by molar-refractivity contribution is 0.102. The Bertz CT molecular complexity index is 869. The molecule has 1 N–H and O–H groups in total. The van der Waals surface area contributed by atoms with Gasteiger partial charge in [-0.05, 0) is 19.9 Å². The molecular formula is C16H14N2O4S. The molecule has 118 valence electrons. The molecule has 6 nitrogen and oxygen atoms in total. The van der Waals surface area contributed by atoms with Crippen LogP contribution in [0.3, 0.4) is 0 Å². The van der Waals surface area contributed by atoms with Crippen LogP contribution in [0.2, 0.25) is 0 Å². The Balaban J connectivity index is 1.64. The van der Waals surface area contributed by atoms with E-state index in [4.69, 9.17) is 13.9 Å². The maximum absolute atomic E-state index is 12.3. The first-order valence-electron chi connectivity index (χ1n) is 7.19.